The van der Waals surface area contributed by atoms with Crippen molar-refractivity contribution in [3.8, 4) is 11.3 Å². The van der Waals surface area contributed by atoms with Crippen molar-refractivity contribution in [2.45, 2.75) is 144 Å². The number of fused-ring (bicyclic) bond motifs is 2. The summed E-state index contributed by atoms with van der Waals surface area (Å²) in [6, 6.07) is 26.8. The number of hydrogen-bond acceptors (Lipinski definition) is 9. The van der Waals surface area contributed by atoms with Crippen molar-refractivity contribution in [2.24, 2.45) is 11.8 Å². The van der Waals surface area contributed by atoms with E-state index in [1.807, 2.05) is 78.0 Å². The Morgan fingerprint density at radius 2 is 1.19 bits per heavy atom. The topological polar surface area (TPSA) is 167 Å². The number of nitrogens with one attached hydrogen (secondary N) is 4. The Morgan fingerprint density at radius 3 is 1.78 bits per heavy atom. The lowest BCUT2D eigenvalue weighted by Gasteiger charge is -2.38. The van der Waals surface area contributed by atoms with Crippen LogP contribution >= 0.6 is 0 Å². The zero-order chi connectivity index (χ0) is 46.1. The molecule has 0 radical (unpaired) electrons. The molecule has 0 spiro atoms. The number of rotatable bonds is 12. The number of hydrogen-bond donors (Lipinski definition) is 4. The first-order chi connectivity index (χ1) is 33.4. The molecular weight excluding hydrogens is 857 g/mol. The molecule has 3 amide bonds. The molecule has 14 nitrogen and oxygen atoms in total. The first kappa shape index (κ1) is 44.7. The third-order valence-corrected chi connectivity index (χ3v) is 16.3. The van der Waals surface area contributed by atoms with Crippen molar-refractivity contribution in [3.63, 3.8) is 0 Å². The molecule has 14 heteroatoms. The highest BCUT2D eigenvalue weighted by atomic mass is 16.9. The number of ether oxygens (including phenoxy) is 3. The van der Waals surface area contributed by atoms with E-state index in [0.717, 1.165) is 117 Å². The van der Waals surface area contributed by atoms with Gasteiger partial charge in [0.1, 0.15) is 23.7 Å². The molecule has 68 heavy (non-hydrogen) atoms. The highest BCUT2D eigenvalue weighted by Gasteiger charge is 2.50. The first-order valence-corrected chi connectivity index (χ1v) is 25.2. The van der Waals surface area contributed by atoms with Gasteiger partial charge in [-0.05, 0) is 104 Å². The molecule has 3 saturated heterocycles. The van der Waals surface area contributed by atoms with Crippen LogP contribution in [-0.2, 0) is 23.8 Å². The number of carbonyl (C=O) groups is 3. The van der Waals surface area contributed by atoms with E-state index in [0.29, 0.717) is 23.7 Å². The Labute approximate surface area is 398 Å². The smallest absolute Gasteiger partial charge is 0.407 e. The molecule has 0 bridgehead atoms. The van der Waals surface area contributed by atoms with Crippen molar-refractivity contribution in [1.82, 2.24) is 40.4 Å². The largest absolute Gasteiger partial charge is 0.453 e. The third-order valence-electron chi connectivity index (χ3n) is 16.3. The fraction of sp³-hybridized carbons (Fsp3) is 0.500. The second-order valence-electron chi connectivity index (χ2n) is 20.1. The van der Waals surface area contributed by atoms with Gasteiger partial charge in [0, 0.05) is 29.9 Å². The molecule has 8 atom stereocenters. The molecule has 11 rings (SSSR count). The molecule has 0 unspecified atom stereocenters. The van der Waals surface area contributed by atoms with Gasteiger partial charge in [0.15, 0.2) is 6.79 Å². The molecule has 3 aromatic carbocycles. The van der Waals surface area contributed by atoms with Gasteiger partial charge in [0.2, 0.25) is 12.3 Å². The summed E-state index contributed by atoms with van der Waals surface area (Å²) < 4.78 is 16.1. The number of aromatic nitrogens is 4. The average molecular weight is 921 g/mol. The van der Waals surface area contributed by atoms with Crippen LogP contribution in [0.1, 0.15) is 160 Å². The maximum atomic E-state index is 14.7. The van der Waals surface area contributed by atoms with Gasteiger partial charge in [-0.25, -0.2) is 14.8 Å². The minimum absolute atomic E-state index is 0.0353. The second-order valence-corrected chi connectivity index (χ2v) is 20.1. The minimum Gasteiger partial charge on any atom is -0.453 e. The number of likely N-dealkylation sites (tertiary alicyclic amines) is 2. The summed E-state index contributed by atoms with van der Waals surface area (Å²) in [7, 11) is 1.33. The summed E-state index contributed by atoms with van der Waals surface area (Å²) in [6.45, 7) is 0.222. The number of aromatic amines is 2. The van der Waals surface area contributed by atoms with E-state index in [2.05, 4.69) is 49.8 Å². The van der Waals surface area contributed by atoms with Gasteiger partial charge in [-0.1, -0.05) is 111 Å². The Morgan fingerprint density at radius 1 is 0.647 bits per heavy atom. The zero-order valence-corrected chi connectivity index (χ0v) is 38.9. The Hall–Kier alpha value is -5.83. The third kappa shape index (κ3) is 8.86. The van der Waals surface area contributed by atoms with E-state index in [9.17, 15) is 14.4 Å². The summed E-state index contributed by atoms with van der Waals surface area (Å²) in [5.41, 5.74) is 6.16. The first-order valence-electron chi connectivity index (χ1n) is 25.2. The number of carbonyl (C=O) groups excluding carboxylic acids is 3. The standard InChI is InChI=1S/C54H64N8O6/c1-66-53(65)59-47(37-12-4-2-5-13-37)51(63)61-43-18-10-8-16-39(43)28-45(61)49-55-30-41(57-49)35-24-20-33(21-25-35)34-22-26-36(27-23-34)42-31-56-50(58-42)46-29-40-17-9-11-19-44(40)62(46)52(64)48(60-54-67-32-68-54)38-14-6-3-7-15-38/h2-7,12-15,22-23,26-27,30-31,33,35,39-40,43-48,54,60H,8-11,16-21,24-25,28-29,32H2,1H3,(H,55,57)(H,56,58)(H,59,65)/t33-,35-,39-,40-,43-,44-,45-,46-,47+,48+/m0/s1. The van der Waals surface area contributed by atoms with Crippen LogP contribution in [0.2, 0.25) is 0 Å². The van der Waals surface area contributed by atoms with E-state index < -0.39 is 24.6 Å². The minimum atomic E-state index is -0.850. The van der Waals surface area contributed by atoms with Gasteiger partial charge in [-0.15, -0.1) is 0 Å². The number of nitrogens with zero attached hydrogens (tertiary/aromatic N) is 4. The molecule has 4 N–H and O–H groups in total. The Kier molecular flexibility index (Phi) is 12.9. The van der Waals surface area contributed by atoms with E-state index in [4.69, 9.17) is 24.2 Å². The van der Waals surface area contributed by atoms with Crippen molar-refractivity contribution in [3.05, 3.63) is 131 Å². The SMILES string of the molecule is COC(=O)N[C@@H](C(=O)N1[C@H](c2ncc([C@H]3CC[C@H](c4ccc(-c5cnc([C@@H]6C[C@@H]7CCCC[C@@H]7N6C(=O)[C@H](NC6OCO6)c6ccccc6)[nH]5)cc4)CC3)[nH]2)C[C@@H]2CCCC[C@@H]21)c1ccccc1. The number of methoxy groups -OCH3 is 1. The maximum Gasteiger partial charge on any atom is 0.407 e. The molecule has 6 aliphatic rings. The van der Waals surface area contributed by atoms with E-state index in [-0.39, 0.29) is 42.8 Å². The number of alkyl carbamates (subject to hydrolysis) is 1. The quantitative estimate of drug-likeness (QED) is 0.0953. The van der Waals surface area contributed by atoms with Crippen LogP contribution in [0.3, 0.4) is 0 Å². The van der Waals surface area contributed by atoms with Crippen LogP contribution in [0.15, 0.2) is 97.3 Å². The van der Waals surface area contributed by atoms with Crippen LogP contribution in [0.25, 0.3) is 11.3 Å². The molecule has 3 saturated carbocycles. The summed E-state index contributed by atoms with van der Waals surface area (Å²) >= 11 is 0. The molecule has 2 aromatic heterocycles. The Balaban J connectivity index is 0.753. The highest BCUT2D eigenvalue weighted by Crippen LogP contribution is 2.49. The van der Waals surface area contributed by atoms with Crippen molar-refractivity contribution in [2.75, 3.05) is 13.9 Å². The Bertz CT molecular complexity index is 2520. The van der Waals surface area contributed by atoms with Gasteiger partial charge >= 0.3 is 6.09 Å². The highest BCUT2D eigenvalue weighted by molar-refractivity contribution is 5.88. The number of amides is 3. The van der Waals surface area contributed by atoms with Crippen LogP contribution in [0, 0.1) is 11.8 Å². The predicted octanol–water partition coefficient (Wildman–Crippen LogP) is 9.62. The van der Waals surface area contributed by atoms with Gasteiger partial charge in [-0.3, -0.25) is 14.9 Å². The van der Waals surface area contributed by atoms with Crippen LogP contribution < -0.4 is 10.6 Å². The lowest BCUT2D eigenvalue weighted by molar-refractivity contribution is -0.335. The number of benzene rings is 3. The molecular formula is C54H64N8O6. The van der Waals surface area contributed by atoms with E-state index in [1.54, 1.807) is 0 Å². The second kappa shape index (κ2) is 19.6. The normalized spacial score (nSPS) is 28.0. The molecule has 5 heterocycles. The fourth-order valence-electron chi connectivity index (χ4n) is 12.8. The molecule has 3 aliphatic carbocycles. The van der Waals surface area contributed by atoms with Gasteiger partial charge in [0.25, 0.3) is 5.91 Å². The number of imidazole rings is 2. The lowest BCUT2D eigenvalue weighted by Crippen LogP contribution is -2.52. The average Bonchev–Trinajstić information content (AvgIpc) is 4.21. The van der Waals surface area contributed by atoms with E-state index >= 15 is 0 Å². The van der Waals surface area contributed by atoms with Gasteiger partial charge in [-0.2, -0.15) is 0 Å². The summed E-state index contributed by atoms with van der Waals surface area (Å²) in [5.74, 6) is 3.29. The summed E-state index contributed by atoms with van der Waals surface area (Å²) in [6.07, 6.45) is 17.5. The summed E-state index contributed by atoms with van der Waals surface area (Å²) in [5, 5.41) is 6.17. The monoisotopic (exact) mass is 920 g/mol. The van der Waals surface area contributed by atoms with Crippen molar-refractivity contribution in [1.29, 1.82) is 0 Å². The van der Waals surface area contributed by atoms with Crippen LogP contribution in [0.5, 0.6) is 0 Å². The van der Waals surface area contributed by atoms with Crippen LogP contribution in [0.4, 0.5) is 4.79 Å². The van der Waals surface area contributed by atoms with Gasteiger partial charge in [0.05, 0.1) is 31.1 Å². The molecule has 6 fully saturated rings. The van der Waals surface area contributed by atoms with Crippen molar-refractivity contribution < 1.29 is 28.6 Å². The zero-order valence-electron chi connectivity index (χ0n) is 38.9. The molecule has 356 valence electrons. The van der Waals surface area contributed by atoms with Crippen molar-refractivity contribution >= 4 is 17.9 Å². The lowest BCUT2D eigenvalue weighted by atomic mass is 9.77. The predicted molar refractivity (Wildman–Crippen MR) is 254 cm³/mol. The number of H-pyrrole nitrogens is 2. The maximum absolute atomic E-state index is 14.7. The summed E-state index contributed by atoms with van der Waals surface area (Å²) in [4.78, 5) is 63.5. The van der Waals surface area contributed by atoms with Crippen LogP contribution in [-0.4, -0.2) is 80.0 Å². The molecule has 3 aliphatic heterocycles. The van der Waals surface area contributed by atoms with Gasteiger partial charge < -0.3 is 39.3 Å². The molecule has 5 aromatic rings. The fourth-order valence-corrected chi connectivity index (χ4v) is 12.8. The van der Waals surface area contributed by atoms with E-state index in [1.165, 1.54) is 25.5 Å².